The molecule has 14 heteroatoms. The molecule has 4 nitrogen and oxygen atoms in total. The van der Waals surface area contributed by atoms with E-state index in [1.807, 2.05) is 0 Å². The fourth-order valence-electron chi connectivity index (χ4n) is 4.67. The number of fused-ring (bicyclic) bond motifs is 1. The first-order chi connectivity index (χ1) is 19.0. The second kappa shape index (κ2) is 11.3. The highest BCUT2D eigenvalue weighted by Gasteiger charge is 2.44. The molecule has 0 aromatic heterocycles. The lowest BCUT2D eigenvalue weighted by Crippen LogP contribution is -2.44. The molecule has 1 N–H and O–H groups in total. The number of alkyl halides is 10. The number of β-amino-alcohol motifs (C(OH)–C–C–N with tert-alkyl or cyclic N) is 1. The summed E-state index contributed by atoms with van der Waals surface area (Å²) in [7, 11) is 0. The first-order valence-electron chi connectivity index (χ1n) is 12.0. The van der Waals surface area contributed by atoms with E-state index >= 15 is 0 Å². The number of halogens is 10. The first-order valence-corrected chi connectivity index (χ1v) is 12.0. The molecule has 1 heterocycles. The molecule has 1 aliphatic heterocycles. The van der Waals surface area contributed by atoms with Gasteiger partial charge in [0.2, 0.25) is 0 Å². The van der Waals surface area contributed by atoms with Gasteiger partial charge in [0.15, 0.2) is 6.10 Å². The summed E-state index contributed by atoms with van der Waals surface area (Å²) < 4.78 is 138. The molecule has 2 atom stereocenters. The van der Waals surface area contributed by atoms with E-state index in [0.717, 1.165) is 24.3 Å². The minimum Gasteiger partial charge on any atom is -0.428 e. The Labute approximate surface area is 226 Å². The Morgan fingerprint density at radius 2 is 1.49 bits per heavy atom. The summed E-state index contributed by atoms with van der Waals surface area (Å²) >= 11 is 0. The highest BCUT2D eigenvalue weighted by Crippen LogP contribution is 2.44. The molecule has 41 heavy (non-hydrogen) atoms. The van der Waals surface area contributed by atoms with Crippen LogP contribution in [0.1, 0.15) is 23.6 Å². The van der Waals surface area contributed by atoms with E-state index in [-0.39, 0.29) is 24.1 Å². The molecule has 0 bridgehead atoms. The minimum absolute atomic E-state index is 0.110. The molecule has 3 aromatic rings. The number of anilines is 1. The number of nitrogens with zero attached hydrogens (tertiary/aromatic N) is 1. The molecule has 0 radical (unpaired) electrons. The smallest absolute Gasteiger partial charge is 0.428 e. The molecule has 4 rings (SSSR count). The zero-order valence-electron chi connectivity index (χ0n) is 20.7. The van der Waals surface area contributed by atoms with E-state index in [9.17, 15) is 49.0 Å². The molecular formula is C27H21F10NO3. The van der Waals surface area contributed by atoms with E-state index in [4.69, 9.17) is 0 Å². The lowest BCUT2D eigenvalue weighted by Gasteiger charge is -2.41. The SMILES string of the molecule is O[C@@H](CN1c2cccc(-c3ccc(OC(F)(F)F)cc3)c2CC[C@@H]1c1cccc(OC(F)(F)C(F)F)c1)C(F)(F)F. The highest BCUT2D eigenvalue weighted by atomic mass is 19.4. The van der Waals surface area contributed by atoms with Crippen molar-refractivity contribution in [2.45, 2.75) is 50.1 Å². The zero-order chi connectivity index (χ0) is 30.2. The molecule has 0 saturated heterocycles. The minimum atomic E-state index is -5.00. The molecule has 0 fully saturated rings. The van der Waals surface area contributed by atoms with Crippen LogP contribution in [0, 0.1) is 0 Å². The number of hydrogen-bond acceptors (Lipinski definition) is 4. The van der Waals surface area contributed by atoms with Crippen molar-refractivity contribution < 1.29 is 58.5 Å². The molecule has 0 spiro atoms. The average Bonchev–Trinajstić information content (AvgIpc) is 2.87. The van der Waals surface area contributed by atoms with E-state index in [2.05, 4.69) is 9.47 Å². The Hall–Kier alpha value is -3.68. The molecule has 3 aromatic carbocycles. The molecule has 0 saturated carbocycles. The van der Waals surface area contributed by atoms with Crippen LogP contribution in [0.25, 0.3) is 11.1 Å². The predicted molar refractivity (Wildman–Crippen MR) is 127 cm³/mol. The van der Waals surface area contributed by atoms with Crippen LogP contribution in [0.3, 0.4) is 0 Å². The van der Waals surface area contributed by atoms with Gasteiger partial charge in [-0.2, -0.15) is 30.7 Å². The molecule has 1 aliphatic rings. The van der Waals surface area contributed by atoms with Crippen LogP contribution in [-0.2, 0) is 6.42 Å². The Balaban J connectivity index is 1.72. The number of aliphatic hydroxyl groups is 1. The number of benzene rings is 3. The fraction of sp³-hybridized carbons (Fsp3) is 0.333. The molecule has 0 amide bonds. The molecule has 222 valence electrons. The maximum absolute atomic E-state index is 13.5. The maximum Gasteiger partial charge on any atom is 0.573 e. The topological polar surface area (TPSA) is 41.9 Å². The predicted octanol–water partition coefficient (Wildman–Crippen LogP) is 7.91. The van der Waals surface area contributed by atoms with Gasteiger partial charge in [-0.25, -0.2) is 0 Å². The monoisotopic (exact) mass is 597 g/mol. The van der Waals surface area contributed by atoms with Gasteiger partial charge in [-0.15, -0.1) is 13.2 Å². The largest absolute Gasteiger partial charge is 0.573 e. The normalized spacial score (nSPS) is 16.9. The second-order valence-corrected chi connectivity index (χ2v) is 9.18. The summed E-state index contributed by atoms with van der Waals surface area (Å²) in [5.41, 5.74) is 1.89. The van der Waals surface area contributed by atoms with Gasteiger partial charge in [0.1, 0.15) is 11.5 Å². The van der Waals surface area contributed by atoms with Crippen molar-refractivity contribution in [1.82, 2.24) is 0 Å². The van der Waals surface area contributed by atoms with Crippen LogP contribution in [0.4, 0.5) is 49.6 Å². The van der Waals surface area contributed by atoms with Crippen LogP contribution < -0.4 is 14.4 Å². The Kier molecular flexibility index (Phi) is 8.35. The zero-order valence-corrected chi connectivity index (χ0v) is 20.7. The van der Waals surface area contributed by atoms with Crippen LogP contribution >= 0.6 is 0 Å². The van der Waals surface area contributed by atoms with E-state index in [1.54, 1.807) is 6.07 Å². The Morgan fingerprint density at radius 1 is 0.829 bits per heavy atom. The summed E-state index contributed by atoms with van der Waals surface area (Å²) in [5, 5.41) is 9.93. The van der Waals surface area contributed by atoms with Crippen LogP contribution in [-0.4, -0.2) is 42.8 Å². The van der Waals surface area contributed by atoms with Crippen molar-refractivity contribution in [3.63, 3.8) is 0 Å². The van der Waals surface area contributed by atoms with Crippen LogP contribution in [0.2, 0.25) is 0 Å². The summed E-state index contributed by atoms with van der Waals surface area (Å²) in [5.74, 6) is -1.11. The van der Waals surface area contributed by atoms with E-state index in [1.165, 1.54) is 41.3 Å². The van der Waals surface area contributed by atoms with Gasteiger partial charge in [-0.05, 0) is 65.4 Å². The number of aliphatic hydroxyl groups excluding tert-OH is 1. The van der Waals surface area contributed by atoms with Crippen LogP contribution in [0.15, 0.2) is 66.7 Å². The van der Waals surface area contributed by atoms with E-state index < -0.39 is 55.3 Å². The van der Waals surface area contributed by atoms with Gasteiger partial charge >= 0.3 is 25.1 Å². The van der Waals surface area contributed by atoms with Crippen LogP contribution in [0.5, 0.6) is 11.5 Å². The summed E-state index contributed by atoms with van der Waals surface area (Å²) in [6, 6.07) is 13.2. The Morgan fingerprint density at radius 3 is 2.10 bits per heavy atom. The summed E-state index contributed by atoms with van der Waals surface area (Å²) in [4.78, 5) is 1.23. The number of ether oxygens (including phenoxy) is 2. The van der Waals surface area contributed by atoms with Crippen molar-refractivity contribution in [1.29, 1.82) is 0 Å². The first kappa shape index (κ1) is 30.3. The van der Waals surface area contributed by atoms with Gasteiger partial charge in [0.05, 0.1) is 12.6 Å². The van der Waals surface area contributed by atoms with Gasteiger partial charge in [-0.3, -0.25) is 0 Å². The molecule has 0 unspecified atom stereocenters. The third kappa shape index (κ3) is 7.16. The lowest BCUT2D eigenvalue weighted by atomic mass is 9.86. The van der Waals surface area contributed by atoms with Gasteiger partial charge in [0, 0.05) is 5.69 Å². The third-order valence-corrected chi connectivity index (χ3v) is 6.40. The number of rotatable bonds is 8. The fourth-order valence-corrected chi connectivity index (χ4v) is 4.67. The van der Waals surface area contributed by atoms with Crippen molar-refractivity contribution >= 4 is 5.69 Å². The van der Waals surface area contributed by atoms with Crippen molar-refractivity contribution in [3.05, 3.63) is 77.9 Å². The maximum atomic E-state index is 13.5. The molecular weight excluding hydrogens is 576 g/mol. The van der Waals surface area contributed by atoms with Crippen molar-refractivity contribution in [2.75, 3.05) is 11.4 Å². The summed E-state index contributed by atoms with van der Waals surface area (Å²) in [6.45, 7) is -0.957. The van der Waals surface area contributed by atoms with E-state index in [0.29, 0.717) is 16.7 Å². The Bertz CT molecular complexity index is 1340. The molecule has 0 aliphatic carbocycles. The second-order valence-electron chi connectivity index (χ2n) is 9.18. The lowest BCUT2D eigenvalue weighted by molar-refractivity contribution is -0.274. The standard InChI is InChI=1S/C27H21F10NO3/c28-24(29)26(33,34)40-18-4-1-3-16(13-18)21-12-11-20-19(15-7-9-17(10-8-15)41-27(35,36)37)5-2-6-22(20)38(21)14-23(39)25(30,31)32/h1-10,13,21,23-24,39H,11-12,14H2/t21-,23+/m1/s1. The highest BCUT2D eigenvalue weighted by molar-refractivity contribution is 5.76. The average molecular weight is 597 g/mol. The van der Waals surface area contributed by atoms with Crippen molar-refractivity contribution in [2.24, 2.45) is 0 Å². The quantitative estimate of drug-likeness (QED) is 0.268. The van der Waals surface area contributed by atoms with Gasteiger partial charge in [0.25, 0.3) is 0 Å². The van der Waals surface area contributed by atoms with Gasteiger partial charge in [-0.1, -0.05) is 36.4 Å². The van der Waals surface area contributed by atoms with Gasteiger partial charge < -0.3 is 19.5 Å². The third-order valence-electron chi connectivity index (χ3n) is 6.40. The number of hydrogen-bond donors (Lipinski definition) is 1. The summed E-state index contributed by atoms with van der Waals surface area (Å²) in [6.07, 6.45) is -21.3. The van der Waals surface area contributed by atoms with Crippen molar-refractivity contribution in [3.8, 4) is 22.6 Å².